The standard InChI is InChI=1S/C17H20ClN5O/c1-12-13(2)21-22(7-8-24)17(12)19-9-14-10-20-23(11-14)16-5-3-15(18)4-6-16/h3-6,10-11,19,24H,7-9H2,1-2H3. The van der Waals surface area contributed by atoms with Crippen LogP contribution in [0.4, 0.5) is 5.82 Å². The van der Waals surface area contributed by atoms with Crippen molar-refractivity contribution in [3.8, 4) is 5.69 Å². The monoisotopic (exact) mass is 345 g/mol. The van der Waals surface area contributed by atoms with Crippen molar-refractivity contribution in [1.82, 2.24) is 19.6 Å². The van der Waals surface area contributed by atoms with Crippen molar-refractivity contribution in [2.24, 2.45) is 0 Å². The van der Waals surface area contributed by atoms with Crippen LogP contribution in [0.5, 0.6) is 0 Å². The maximum atomic E-state index is 9.17. The van der Waals surface area contributed by atoms with Crippen LogP contribution in [-0.2, 0) is 13.1 Å². The van der Waals surface area contributed by atoms with Gasteiger partial charge in [0, 0.05) is 28.9 Å². The number of benzene rings is 1. The number of hydrogen-bond donors (Lipinski definition) is 2. The summed E-state index contributed by atoms with van der Waals surface area (Å²) in [7, 11) is 0. The van der Waals surface area contributed by atoms with Gasteiger partial charge in [-0.15, -0.1) is 0 Å². The second-order valence-corrected chi connectivity index (χ2v) is 6.07. The van der Waals surface area contributed by atoms with E-state index in [4.69, 9.17) is 16.7 Å². The Morgan fingerprint density at radius 3 is 2.67 bits per heavy atom. The molecule has 0 saturated heterocycles. The Kier molecular flexibility index (Phi) is 4.87. The second-order valence-electron chi connectivity index (χ2n) is 5.63. The Balaban J connectivity index is 1.73. The molecule has 24 heavy (non-hydrogen) atoms. The van der Waals surface area contributed by atoms with E-state index in [1.54, 1.807) is 4.68 Å². The van der Waals surface area contributed by atoms with Crippen molar-refractivity contribution in [1.29, 1.82) is 0 Å². The van der Waals surface area contributed by atoms with Crippen LogP contribution in [-0.4, -0.2) is 31.3 Å². The van der Waals surface area contributed by atoms with E-state index in [1.807, 2.05) is 55.2 Å². The van der Waals surface area contributed by atoms with Gasteiger partial charge in [0.2, 0.25) is 0 Å². The lowest BCUT2D eigenvalue weighted by Gasteiger charge is -2.09. The van der Waals surface area contributed by atoms with Crippen molar-refractivity contribution in [2.75, 3.05) is 11.9 Å². The van der Waals surface area contributed by atoms with Gasteiger partial charge in [0.15, 0.2) is 0 Å². The smallest absolute Gasteiger partial charge is 0.127 e. The molecule has 0 aliphatic carbocycles. The molecule has 6 nitrogen and oxygen atoms in total. The minimum absolute atomic E-state index is 0.0593. The maximum Gasteiger partial charge on any atom is 0.127 e. The lowest BCUT2D eigenvalue weighted by atomic mass is 10.2. The van der Waals surface area contributed by atoms with Gasteiger partial charge in [-0.3, -0.25) is 0 Å². The van der Waals surface area contributed by atoms with Gasteiger partial charge in [0.1, 0.15) is 5.82 Å². The number of aryl methyl sites for hydroxylation is 1. The minimum atomic E-state index is 0.0593. The highest BCUT2D eigenvalue weighted by molar-refractivity contribution is 6.30. The van der Waals surface area contributed by atoms with Crippen molar-refractivity contribution in [3.63, 3.8) is 0 Å². The van der Waals surface area contributed by atoms with Crippen LogP contribution >= 0.6 is 11.6 Å². The van der Waals surface area contributed by atoms with Gasteiger partial charge in [-0.2, -0.15) is 10.2 Å². The zero-order valence-electron chi connectivity index (χ0n) is 13.7. The molecule has 2 heterocycles. The number of aliphatic hydroxyl groups is 1. The molecule has 0 radical (unpaired) electrons. The lowest BCUT2D eigenvalue weighted by molar-refractivity contribution is 0.270. The zero-order chi connectivity index (χ0) is 17.1. The third kappa shape index (κ3) is 3.44. The Labute approximate surface area is 145 Å². The Bertz CT molecular complexity index is 822. The summed E-state index contributed by atoms with van der Waals surface area (Å²) >= 11 is 5.91. The van der Waals surface area contributed by atoms with Gasteiger partial charge in [-0.05, 0) is 38.1 Å². The van der Waals surface area contributed by atoms with Crippen molar-refractivity contribution in [3.05, 3.63) is 58.5 Å². The molecule has 0 fully saturated rings. The van der Waals surface area contributed by atoms with E-state index >= 15 is 0 Å². The molecule has 7 heteroatoms. The summed E-state index contributed by atoms with van der Waals surface area (Å²) in [4.78, 5) is 0. The van der Waals surface area contributed by atoms with Crippen LogP contribution in [0.2, 0.25) is 5.02 Å². The molecule has 2 aromatic heterocycles. The topological polar surface area (TPSA) is 67.9 Å². The molecule has 0 aliphatic heterocycles. The predicted molar refractivity (Wildman–Crippen MR) is 94.7 cm³/mol. The van der Waals surface area contributed by atoms with Crippen LogP contribution in [0.15, 0.2) is 36.7 Å². The van der Waals surface area contributed by atoms with E-state index in [9.17, 15) is 0 Å². The molecule has 3 rings (SSSR count). The fraction of sp³-hybridized carbons (Fsp3) is 0.294. The van der Waals surface area contributed by atoms with E-state index in [0.29, 0.717) is 18.1 Å². The normalized spacial score (nSPS) is 11.0. The van der Waals surface area contributed by atoms with E-state index < -0.39 is 0 Å². The number of nitrogens with zero attached hydrogens (tertiary/aromatic N) is 4. The molecule has 0 unspecified atom stereocenters. The summed E-state index contributed by atoms with van der Waals surface area (Å²) in [5.74, 6) is 0.931. The van der Waals surface area contributed by atoms with Crippen LogP contribution < -0.4 is 5.32 Å². The number of anilines is 1. The van der Waals surface area contributed by atoms with Gasteiger partial charge in [0.05, 0.1) is 30.7 Å². The molecule has 2 N–H and O–H groups in total. The largest absolute Gasteiger partial charge is 0.394 e. The first-order valence-electron chi connectivity index (χ1n) is 7.76. The van der Waals surface area contributed by atoms with E-state index in [-0.39, 0.29) is 6.61 Å². The predicted octanol–water partition coefficient (Wildman–Crippen LogP) is 2.94. The molecule has 1 aromatic carbocycles. The Morgan fingerprint density at radius 1 is 1.21 bits per heavy atom. The lowest BCUT2D eigenvalue weighted by Crippen LogP contribution is -2.10. The highest BCUT2D eigenvalue weighted by Gasteiger charge is 2.11. The van der Waals surface area contributed by atoms with Crippen LogP contribution in [0, 0.1) is 13.8 Å². The van der Waals surface area contributed by atoms with Crippen LogP contribution in [0.1, 0.15) is 16.8 Å². The maximum absolute atomic E-state index is 9.17. The fourth-order valence-electron chi connectivity index (χ4n) is 2.52. The molecule has 126 valence electrons. The number of hydrogen-bond acceptors (Lipinski definition) is 4. The first-order chi connectivity index (χ1) is 11.6. The molecule has 0 bridgehead atoms. The van der Waals surface area contributed by atoms with Crippen LogP contribution in [0.25, 0.3) is 5.69 Å². The number of nitrogens with one attached hydrogen (secondary N) is 1. The molecule has 0 saturated carbocycles. The average Bonchev–Trinajstić information content (AvgIpc) is 3.13. The number of halogens is 1. The Morgan fingerprint density at radius 2 is 1.96 bits per heavy atom. The van der Waals surface area contributed by atoms with Crippen molar-refractivity contribution < 1.29 is 5.11 Å². The highest BCUT2D eigenvalue weighted by atomic mass is 35.5. The van der Waals surface area contributed by atoms with Crippen molar-refractivity contribution >= 4 is 17.4 Å². The van der Waals surface area contributed by atoms with Gasteiger partial charge < -0.3 is 10.4 Å². The first-order valence-corrected chi connectivity index (χ1v) is 8.14. The Hall–Kier alpha value is -2.31. The molecule has 3 aromatic rings. The summed E-state index contributed by atoms with van der Waals surface area (Å²) in [6.45, 7) is 5.15. The summed E-state index contributed by atoms with van der Waals surface area (Å²) in [5, 5.41) is 22.1. The third-order valence-electron chi connectivity index (χ3n) is 3.93. The summed E-state index contributed by atoms with van der Waals surface area (Å²) in [6, 6.07) is 7.54. The molecule has 0 aliphatic rings. The molecule has 0 atom stereocenters. The quantitative estimate of drug-likeness (QED) is 0.720. The number of aliphatic hydroxyl groups excluding tert-OH is 1. The average molecular weight is 346 g/mol. The van der Waals surface area contributed by atoms with E-state index in [1.165, 1.54) is 0 Å². The third-order valence-corrected chi connectivity index (χ3v) is 4.18. The number of rotatable bonds is 6. The SMILES string of the molecule is Cc1nn(CCO)c(NCc2cnn(-c3ccc(Cl)cc3)c2)c1C. The first kappa shape index (κ1) is 16.5. The summed E-state index contributed by atoms with van der Waals surface area (Å²) < 4.78 is 3.62. The van der Waals surface area contributed by atoms with Crippen molar-refractivity contribution in [2.45, 2.75) is 26.9 Å². The summed E-state index contributed by atoms with van der Waals surface area (Å²) in [6.07, 6.45) is 3.81. The molecule has 0 spiro atoms. The van der Waals surface area contributed by atoms with E-state index in [2.05, 4.69) is 15.5 Å². The number of aromatic nitrogens is 4. The second kappa shape index (κ2) is 7.07. The van der Waals surface area contributed by atoms with Crippen LogP contribution in [0.3, 0.4) is 0 Å². The van der Waals surface area contributed by atoms with Gasteiger partial charge in [-0.25, -0.2) is 9.36 Å². The van der Waals surface area contributed by atoms with Gasteiger partial charge in [-0.1, -0.05) is 11.6 Å². The fourth-order valence-corrected chi connectivity index (χ4v) is 2.65. The molecule has 0 amide bonds. The summed E-state index contributed by atoms with van der Waals surface area (Å²) in [5.41, 5.74) is 4.07. The van der Waals surface area contributed by atoms with Gasteiger partial charge >= 0.3 is 0 Å². The highest BCUT2D eigenvalue weighted by Crippen LogP contribution is 2.19. The molecular formula is C17H20ClN5O. The zero-order valence-corrected chi connectivity index (χ0v) is 14.5. The molecular weight excluding hydrogens is 326 g/mol. The van der Waals surface area contributed by atoms with Gasteiger partial charge in [0.25, 0.3) is 0 Å². The van der Waals surface area contributed by atoms with E-state index in [0.717, 1.165) is 28.3 Å². The minimum Gasteiger partial charge on any atom is -0.394 e.